The SMILES string of the molecule is O=c1c2cc(-c3ccc4sc5ccccc5c4c3)ccc2c2ccccc2n1-c1ccc2c3ccccc3c3ccccc3c2c1. The van der Waals surface area contributed by atoms with E-state index in [0.29, 0.717) is 0 Å². The van der Waals surface area contributed by atoms with Crippen molar-refractivity contribution in [1.82, 2.24) is 4.57 Å². The third-order valence-electron chi connectivity index (χ3n) is 9.58. The smallest absolute Gasteiger partial charge is 0.263 e. The van der Waals surface area contributed by atoms with Crippen LogP contribution < -0.4 is 5.56 Å². The Labute approximate surface area is 268 Å². The summed E-state index contributed by atoms with van der Waals surface area (Å²) in [5.74, 6) is 0. The van der Waals surface area contributed by atoms with Gasteiger partial charge in [0.05, 0.1) is 5.52 Å². The largest absolute Gasteiger partial charge is 0.276 e. The first kappa shape index (κ1) is 25.5. The van der Waals surface area contributed by atoms with Crippen LogP contribution in [0.4, 0.5) is 0 Å². The third-order valence-corrected chi connectivity index (χ3v) is 10.7. The molecule has 0 radical (unpaired) electrons. The summed E-state index contributed by atoms with van der Waals surface area (Å²) in [5.41, 5.74) is 3.92. The van der Waals surface area contributed by atoms with Crippen molar-refractivity contribution in [1.29, 1.82) is 0 Å². The van der Waals surface area contributed by atoms with Gasteiger partial charge in [0.15, 0.2) is 0 Å². The molecule has 10 aromatic rings. The Hall–Kier alpha value is -5.77. The molecule has 0 spiro atoms. The van der Waals surface area contributed by atoms with Gasteiger partial charge in [0.25, 0.3) is 5.56 Å². The first-order valence-corrected chi connectivity index (χ1v) is 16.4. The predicted molar refractivity (Wildman–Crippen MR) is 198 cm³/mol. The second-order valence-corrected chi connectivity index (χ2v) is 13.1. The molecule has 0 bridgehead atoms. The Morgan fingerprint density at radius 3 is 1.61 bits per heavy atom. The molecule has 0 aliphatic heterocycles. The van der Waals surface area contributed by atoms with E-state index in [1.165, 1.54) is 47.1 Å². The van der Waals surface area contributed by atoms with Crippen LogP contribution in [0.5, 0.6) is 0 Å². The van der Waals surface area contributed by atoms with Crippen molar-refractivity contribution in [3.05, 3.63) is 162 Å². The zero-order valence-electron chi connectivity index (χ0n) is 24.7. The van der Waals surface area contributed by atoms with Gasteiger partial charge in [-0.05, 0) is 91.3 Å². The Morgan fingerprint density at radius 1 is 0.370 bits per heavy atom. The summed E-state index contributed by atoms with van der Waals surface area (Å²) in [5, 5.41) is 12.5. The number of fused-ring (bicyclic) bond motifs is 12. The number of hydrogen-bond acceptors (Lipinski definition) is 2. The van der Waals surface area contributed by atoms with Crippen LogP contribution in [-0.2, 0) is 0 Å². The minimum Gasteiger partial charge on any atom is -0.276 e. The Bertz CT molecular complexity index is 2910. The zero-order chi connectivity index (χ0) is 30.4. The number of rotatable bonds is 2. The van der Waals surface area contributed by atoms with Crippen molar-refractivity contribution in [3.8, 4) is 16.8 Å². The summed E-state index contributed by atoms with van der Waals surface area (Å²) in [6.07, 6.45) is 0. The summed E-state index contributed by atoms with van der Waals surface area (Å²) < 4.78 is 4.47. The maximum atomic E-state index is 14.6. The molecule has 0 fully saturated rings. The van der Waals surface area contributed by atoms with Gasteiger partial charge in [-0.25, -0.2) is 0 Å². The summed E-state index contributed by atoms with van der Waals surface area (Å²) in [6, 6.07) is 53.5. The molecule has 214 valence electrons. The first-order valence-electron chi connectivity index (χ1n) is 15.6. The van der Waals surface area contributed by atoms with Crippen LogP contribution in [0, 0.1) is 0 Å². The lowest BCUT2D eigenvalue weighted by Gasteiger charge is -2.16. The standard InChI is InChI=1S/C43H25NOS/c45-43-39-24-26(27-18-22-42-38(23-27)36-14-6-8-16-41(36)46-42)17-20-34(39)35-13-5-7-15-40(35)44(43)28-19-21-33-31-11-2-1-9-29(31)30-10-3-4-12-32(30)37(33)25-28/h1-25H. The molecule has 2 nitrogen and oxygen atoms in total. The number of aromatic nitrogens is 1. The van der Waals surface area contributed by atoms with Crippen LogP contribution in [0.2, 0.25) is 0 Å². The van der Waals surface area contributed by atoms with Crippen LogP contribution in [0.25, 0.3) is 91.0 Å². The first-order chi connectivity index (χ1) is 22.7. The second-order valence-electron chi connectivity index (χ2n) is 12.0. The van der Waals surface area contributed by atoms with E-state index in [4.69, 9.17) is 0 Å². The topological polar surface area (TPSA) is 22.0 Å². The summed E-state index contributed by atoms with van der Waals surface area (Å²) in [4.78, 5) is 14.6. The highest BCUT2D eigenvalue weighted by Gasteiger charge is 2.16. The van der Waals surface area contributed by atoms with Crippen molar-refractivity contribution in [2.24, 2.45) is 0 Å². The van der Waals surface area contributed by atoms with Crippen molar-refractivity contribution in [2.45, 2.75) is 0 Å². The lowest BCUT2D eigenvalue weighted by molar-refractivity contribution is 1.06. The van der Waals surface area contributed by atoms with Crippen LogP contribution in [-0.4, -0.2) is 4.57 Å². The molecule has 10 rings (SSSR count). The van der Waals surface area contributed by atoms with Crippen molar-refractivity contribution in [3.63, 3.8) is 0 Å². The molecule has 3 heteroatoms. The maximum Gasteiger partial charge on any atom is 0.263 e. The van der Waals surface area contributed by atoms with Gasteiger partial charge >= 0.3 is 0 Å². The summed E-state index contributed by atoms with van der Waals surface area (Å²) >= 11 is 1.82. The molecule has 0 saturated heterocycles. The molecule has 0 saturated carbocycles. The molecule has 0 aliphatic rings. The van der Waals surface area contributed by atoms with E-state index in [2.05, 4.69) is 146 Å². The van der Waals surface area contributed by atoms with Gasteiger partial charge in [0, 0.05) is 36.6 Å². The average Bonchev–Trinajstić information content (AvgIpc) is 3.50. The van der Waals surface area contributed by atoms with Crippen molar-refractivity contribution in [2.75, 3.05) is 0 Å². The maximum absolute atomic E-state index is 14.6. The van der Waals surface area contributed by atoms with E-state index < -0.39 is 0 Å². The fourth-order valence-electron chi connectivity index (χ4n) is 7.46. The molecular weight excluding hydrogens is 579 g/mol. The van der Waals surface area contributed by atoms with E-state index in [9.17, 15) is 4.79 Å². The number of thiophene rings is 1. The van der Waals surface area contributed by atoms with E-state index in [1.54, 1.807) is 0 Å². The molecule has 2 aromatic heterocycles. The lowest BCUT2D eigenvalue weighted by atomic mass is 9.94. The molecule has 0 unspecified atom stereocenters. The number of hydrogen-bond donors (Lipinski definition) is 0. The van der Waals surface area contributed by atoms with Gasteiger partial charge in [-0.15, -0.1) is 11.3 Å². The fraction of sp³-hybridized carbons (Fsp3) is 0. The highest BCUT2D eigenvalue weighted by molar-refractivity contribution is 7.25. The second kappa shape index (κ2) is 9.61. The highest BCUT2D eigenvalue weighted by atomic mass is 32.1. The van der Waals surface area contributed by atoms with Gasteiger partial charge in [-0.2, -0.15) is 0 Å². The molecule has 0 N–H and O–H groups in total. The molecule has 46 heavy (non-hydrogen) atoms. The van der Waals surface area contributed by atoms with Crippen LogP contribution in [0.15, 0.2) is 156 Å². The minimum absolute atomic E-state index is 0.0120. The van der Waals surface area contributed by atoms with Crippen molar-refractivity contribution >= 4 is 85.5 Å². The monoisotopic (exact) mass is 603 g/mol. The molecule has 8 aromatic carbocycles. The molecule has 0 atom stereocenters. The van der Waals surface area contributed by atoms with Crippen LogP contribution in [0.1, 0.15) is 0 Å². The van der Waals surface area contributed by atoms with E-state index in [0.717, 1.165) is 43.9 Å². The van der Waals surface area contributed by atoms with Gasteiger partial charge in [-0.1, -0.05) is 109 Å². The van der Waals surface area contributed by atoms with E-state index >= 15 is 0 Å². The minimum atomic E-state index is -0.0120. The predicted octanol–water partition coefficient (Wildman–Crippen LogP) is 11.6. The van der Waals surface area contributed by atoms with E-state index in [-0.39, 0.29) is 5.56 Å². The highest BCUT2D eigenvalue weighted by Crippen LogP contribution is 2.38. The Balaban J connectivity index is 1.24. The molecule has 0 amide bonds. The quantitative estimate of drug-likeness (QED) is 0.180. The van der Waals surface area contributed by atoms with Crippen LogP contribution >= 0.6 is 11.3 Å². The molecular formula is C43H25NOS. The number of pyridine rings is 1. The lowest BCUT2D eigenvalue weighted by Crippen LogP contribution is -2.19. The third kappa shape index (κ3) is 3.61. The molecule has 0 aliphatic carbocycles. The van der Waals surface area contributed by atoms with E-state index in [1.807, 2.05) is 22.0 Å². The number of nitrogens with zero attached hydrogens (tertiary/aromatic N) is 1. The Kier molecular flexibility index (Phi) is 5.34. The van der Waals surface area contributed by atoms with Crippen LogP contribution in [0.3, 0.4) is 0 Å². The van der Waals surface area contributed by atoms with Crippen molar-refractivity contribution < 1.29 is 0 Å². The average molecular weight is 604 g/mol. The van der Waals surface area contributed by atoms with Gasteiger partial charge < -0.3 is 0 Å². The zero-order valence-corrected chi connectivity index (χ0v) is 25.5. The summed E-state index contributed by atoms with van der Waals surface area (Å²) in [6.45, 7) is 0. The van der Waals surface area contributed by atoms with Gasteiger partial charge in [0.1, 0.15) is 0 Å². The number of para-hydroxylation sites is 1. The van der Waals surface area contributed by atoms with Gasteiger partial charge in [-0.3, -0.25) is 9.36 Å². The van der Waals surface area contributed by atoms with Gasteiger partial charge in [0.2, 0.25) is 0 Å². The molecule has 2 heterocycles. The number of benzene rings is 8. The normalized spacial score (nSPS) is 12.0. The fourth-order valence-corrected chi connectivity index (χ4v) is 8.54. The Morgan fingerprint density at radius 2 is 0.870 bits per heavy atom. The summed E-state index contributed by atoms with van der Waals surface area (Å²) in [7, 11) is 0.